The monoisotopic (exact) mass is 508 g/mol. The van der Waals surface area contributed by atoms with Crippen molar-refractivity contribution < 1.29 is 35.9 Å². The van der Waals surface area contributed by atoms with E-state index in [1.165, 1.54) is 4.90 Å². The zero-order chi connectivity index (χ0) is 26.5. The van der Waals surface area contributed by atoms with E-state index in [4.69, 9.17) is 0 Å². The molecule has 0 radical (unpaired) electrons. The van der Waals surface area contributed by atoms with Gasteiger partial charge in [0.1, 0.15) is 0 Å². The average molecular weight is 508 g/mol. The summed E-state index contributed by atoms with van der Waals surface area (Å²) in [6.07, 6.45) is -9.91. The Kier molecular flexibility index (Phi) is 8.07. The fourth-order valence-corrected chi connectivity index (χ4v) is 3.54. The molecule has 0 saturated carbocycles. The van der Waals surface area contributed by atoms with Crippen LogP contribution >= 0.6 is 0 Å². The predicted octanol–water partition coefficient (Wildman–Crippen LogP) is 6.50. The molecule has 0 aliphatic carbocycles. The Labute approximate surface area is 203 Å². The van der Waals surface area contributed by atoms with E-state index in [0.29, 0.717) is 23.4 Å². The van der Waals surface area contributed by atoms with Crippen molar-refractivity contribution in [2.24, 2.45) is 0 Å². The Hall–Kier alpha value is -3.82. The number of hydrogen-bond donors (Lipinski definition) is 1. The largest absolute Gasteiger partial charge is 0.416 e. The first-order chi connectivity index (χ1) is 16.9. The molecule has 0 saturated heterocycles. The summed E-state index contributed by atoms with van der Waals surface area (Å²) in [4.78, 5) is 27.1. The molecule has 10 heteroatoms. The van der Waals surface area contributed by atoms with E-state index < -0.39 is 35.0 Å². The van der Waals surface area contributed by atoms with Crippen molar-refractivity contribution in [3.05, 3.63) is 101 Å². The summed E-state index contributed by atoms with van der Waals surface area (Å²) in [5.41, 5.74) is -2.04. The van der Waals surface area contributed by atoms with Crippen molar-refractivity contribution in [1.82, 2.24) is 5.32 Å². The molecule has 36 heavy (non-hydrogen) atoms. The molecule has 4 nitrogen and oxygen atoms in total. The van der Waals surface area contributed by atoms with Gasteiger partial charge in [0, 0.05) is 29.9 Å². The Morgan fingerprint density at radius 3 is 1.92 bits per heavy atom. The summed E-state index contributed by atoms with van der Waals surface area (Å²) in [6, 6.07) is 16.5. The van der Waals surface area contributed by atoms with Crippen molar-refractivity contribution in [3.8, 4) is 0 Å². The lowest BCUT2D eigenvalue weighted by Crippen LogP contribution is -2.35. The van der Waals surface area contributed by atoms with Crippen molar-refractivity contribution in [1.29, 1.82) is 0 Å². The van der Waals surface area contributed by atoms with Gasteiger partial charge in [0.05, 0.1) is 11.1 Å². The van der Waals surface area contributed by atoms with E-state index in [1.54, 1.807) is 61.5 Å². The molecule has 0 atom stereocenters. The highest BCUT2D eigenvalue weighted by molar-refractivity contribution is 6.07. The van der Waals surface area contributed by atoms with E-state index in [2.05, 4.69) is 5.32 Å². The van der Waals surface area contributed by atoms with Gasteiger partial charge in [-0.1, -0.05) is 36.4 Å². The third-order valence-corrected chi connectivity index (χ3v) is 5.38. The third kappa shape index (κ3) is 6.65. The van der Waals surface area contributed by atoms with Crippen molar-refractivity contribution >= 4 is 17.5 Å². The van der Waals surface area contributed by atoms with Crippen molar-refractivity contribution in [2.45, 2.75) is 25.7 Å². The van der Waals surface area contributed by atoms with E-state index in [0.717, 1.165) is 5.56 Å². The molecule has 0 heterocycles. The number of para-hydroxylation sites is 1. The molecule has 1 N–H and O–H groups in total. The number of amides is 2. The summed E-state index contributed by atoms with van der Waals surface area (Å²) in [5, 5.41) is 2.34. The molecule has 0 fully saturated rings. The van der Waals surface area contributed by atoms with Gasteiger partial charge in [0.15, 0.2) is 0 Å². The molecule has 3 rings (SSSR count). The fourth-order valence-electron chi connectivity index (χ4n) is 3.54. The molecular formula is C26H22F6N2O2. The van der Waals surface area contributed by atoms with Gasteiger partial charge in [0.2, 0.25) is 0 Å². The predicted molar refractivity (Wildman–Crippen MR) is 123 cm³/mol. The molecule has 0 aromatic heterocycles. The lowest BCUT2D eigenvalue weighted by Gasteiger charge is -2.24. The van der Waals surface area contributed by atoms with Crippen LogP contribution < -0.4 is 10.2 Å². The lowest BCUT2D eigenvalue weighted by molar-refractivity contribution is -0.143. The quantitative estimate of drug-likeness (QED) is 0.293. The molecule has 190 valence electrons. The van der Waals surface area contributed by atoms with Crippen LogP contribution in [0.15, 0.2) is 72.8 Å². The summed E-state index contributed by atoms with van der Waals surface area (Å²) < 4.78 is 78.4. The van der Waals surface area contributed by atoms with E-state index in [9.17, 15) is 35.9 Å². The number of carbonyl (C=O) groups is 2. The van der Waals surface area contributed by atoms with E-state index in [-0.39, 0.29) is 31.5 Å². The second kappa shape index (κ2) is 10.8. The standard InChI is InChI=1S/C26H22F6N2O2/c1-17-8-5-6-11-22(17)24(36)34(21-9-3-2-4-10-21)13-7-12-33-23(35)18-14-19(25(27,28)29)16-20(15-18)26(30,31)32/h2-6,8-11,14-16H,7,12-13H2,1H3,(H,33,35). The van der Waals surface area contributed by atoms with Crippen LogP contribution in [0, 0.1) is 6.92 Å². The summed E-state index contributed by atoms with van der Waals surface area (Å²) in [6.45, 7) is 1.86. The number of hydrogen-bond acceptors (Lipinski definition) is 2. The lowest BCUT2D eigenvalue weighted by atomic mass is 10.0. The molecule has 0 aliphatic rings. The van der Waals surface area contributed by atoms with Crippen LogP contribution in [0.5, 0.6) is 0 Å². The second-order valence-corrected chi connectivity index (χ2v) is 8.01. The Balaban J connectivity index is 1.73. The van der Waals surface area contributed by atoms with Gasteiger partial charge in [-0.25, -0.2) is 0 Å². The molecule has 0 bridgehead atoms. The number of carbonyl (C=O) groups excluding carboxylic acids is 2. The Bertz CT molecular complexity index is 1190. The molecule has 3 aromatic rings. The zero-order valence-corrected chi connectivity index (χ0v) is 19.1. The first-order valence-corrected chi connectivity index (χ1v) is 10.9. The van der Waals surface area contributed by atoms with Crippen LogP contribution in [0.1, 0.15) is 43.8 Å². The van der Waals surface area contributed by atoms with Crippen LogP contribution in [0.2, 0.25) is 0 Å². The summed E-state index contributed by atoms with van der Waals surface area (Å²) in [7, 11) is 0. The Morgan fingerprint density at radius 2 is 1.36 bits per heavy atom. The zero-order valence-electron chi connectivity index (χ0n) is 19.1. The maximum atomic E-state index is 13.2. The fraction of sp³-hybridized carbons (Fsp3) is 0.231. The second-order valence-electron chi connectivity index (χ2n) is 8.01. The summed E-state index contributed by atoms with van der Waals surface area (Å²) >= 11 is 0. The van der Waals surface area contributed by atoms with Gasteiger partial charge in [-0.05, 0) is 55.3 Å². The molecule has 0 aliphatic heterocycles. The molecular weight excluding hydrogens is 486 g/mol. The number of aryl methyl sites for hydroxylation is 1. The van der Waals surface area contributed by atoms with E-state index in [1.807, 2.05) is 0 Å². The van der Waals surface area contributed by atoms with Crippen LogP contribution in [0.4, 0.5) is 32.0 Å². The number of anilines is 1. The molecule has 0 spiro atoms. The van der Waals surface area contributed by atoms with E-state index >= 15 is 0 Å². The third-order valence-electron chi connectivity index (χ3n) is 5.38. The summed E-state index contributed by atoms with van der Waals surface area (Å²) in [5.74, 6) is -1.36. The minimum atomic E-state index is -5.05. The van der Waals surface area contributed by atoms with Gasteiger partial charge in [-0.2, -0.15) is 26.3 Å². The number of alkyl halides is 6. The topological polar surface area (TPSA) is 49.4 Å². The minimum Gasteiger partial charge on any atom is -0.352 e. The van der Waals surface area contributed by atoms with Gasteiger partial charge in [0.25, 0.3) is 11.8 Å². The number of halogens is 6. The first-order valence-electron chi connectivity index (χ1n) is 10.9. The van der Waals surface area contributed by atoms with Crippen LogP contribution in [-0.2, 0) is 12.4 Å². The molecule has 0 unspecified atom stereocenters. The Morgan fingerprint density at radius 1 is 0.806 bits per heavy atom. The number of benzene rings is 3. The van der Waals surface area contributed by atoms with Gasteiger partial charge in [-0.3, -0.25) is 9.59 Å². The van der Waals surface area contributed by atoms with Gasteiger partial charge in [-0.15, -0.1) is 0 Å². The number of rotatable bonds is 7. The molecule has 3 aromatic carbocycles. The highest BCUT2D eigenvalue weighted by Gasteiger charge is 2.37. The minimum absolute atomic E-state index is 0.0360. The highest BCUT2D eigenvalue weighted by Crippen LogP contribution is 2.36. The van der Waals surface area contributed by atoms with Crippen LogP contribution in [0.25, 0.3) is 0 Å². The number of nitrogens with one attached hydrogen (secondary N) is 1. The number of nitrogens with zero attached hydrogens (tertiary/aromatic N) is 1. The van der Waals surface area contributed by atoms with Crippen molar-refractivity contribution in [2.75, 3.05) is 18.0 Å². The maximum absolute atomic E-state index is 13.2. The highest BCUT2D eigenvalue weighted by atomic mass is 19.4. The van der Waals surface area contributed by atoms with Crippen LogP contribution in [0.3, 0.4) is 0 Å². The normalized spacial score (nSPS) is 11.8. The van der Waals surface area contributed by atoms with Crippen molar-refractivity contribution in [3.63, 3.8) is 0 Å². The van der Waals surface area contributed by atoms with Crippen LogP contribution in [-0.4, -0.2) is 24.9 Å². The average Bonchev–Trinajstić information content (AvgIpc) is 2.83. The SMILES string of the molecule is Cc1ccccc1C(=O)N(CCCNC(=O)c1cc(C(F)(F)F)cc(C(F)(F)F)c1)c1ccccc1. The molecule has 2 amide bonds. The van der Waals surface area contributed by atoms with Gasteiger partial charge < -0.3 is 10.2 Å². The maximum Gasteiger partial charge on any atom is 0.416 e. The first kappa shape index (κ1) is 26.8. The van der Waals surface area contributed by atoms with Gasteiger partial charge >= 0.3 is 12.4 Å². The smallest absolute Gasteiger partial charge is 0.352 e.